The van der Waals surface area contributed by atoms with Crippen molar-refractivity contribution in [3.05, 3.63) is 58.1 Å². The lowest BCUT2D eigenvalue weighted by molar-refractivity contribution is 0.275. The van der Waals surface area contributed by atoms with Crippen LogP contribution in [0.5, 0.6) is 5.75 Å². The SMILES string of the molecule is COc1ccc(Br)c(C(CO)Nc2ccc(C)cc2)c1. The topological polar surface area (TPSA) is 41.5 Å². The maximum atomic E-state index is 9.66. The van der Waals surface area contributed by atoms with E-state index in [1.807, 2.05) is 49.4 Å². The van der Waals surface area contributed by atoms with Gasteiger partial charge in [-0.1, -0.05) is 33.6 Å². The zero-order valence-corrected chi connectivity index (χ0v) is 13.1. The second-order valence-corrected chi connectivity index (χ2v) is 5.49. The molecule has 0 radical (unpaired) electrons. The number of aryl methyl sites for hydroxylation is 1. The highest BCUT2D eigenvalue weighted by Gasteiger charge is 2.14. The van der Waals surface area contributed by atoms with Crippen molar-refractivity contribution < 1.29 is 9.84 Å². The summed E-state index contributed by atoms with van der Waals surface area (Å²) in [6.07, 6.45) is 0. The average molecular weight is 336 g/mol. The lowest BCUT2D eigenvalue weighted by Crippen LogP contribution is -2.15. The van der Waals surface area contributed by atoms with Crippen LogP contribution >= 0.6 is 15.9 Å². The third kappa shape index (κ3) is 3.52. The normalized spacial score (nSPS) is 12.0. The highest BCUT2D eigenvalue weighted by molar-refractivity contribution is 9.10. The maximum absolute atomic E-state index is 9.66. The minimum Gasteiger partial charge on any atom is -0.497 e. The first-order valence-electron chi connectivity index (χ1n) is 6.41. The van der Waals surface area contributed by atoms with Crippen LogP contribution in [0.25, 0.3) is 0 Å². The Labute approximate surface area is 127 Å². The first-order valence-corrected chi connectivity index (χ1v) is 7.21. The van der Waals surface area contributed by atoms with Crippen molar-refractivity contribution in [3.8, 4) is 5.75 Å². The van der Waals surface area contributed by atoms with Crippen molar-refractivity contribution >= 4 is 21.6 Å². The quantitative estimate of drug-likeness (QED) is 0.870. The molecule has 0 aliphatic heterocycles. The van der Waals surface area contributed by atoms with E-state index in [1.165, 1.54) is 5.56 Å². The highest BCUT2D eigenvalue weighted by atomic mass is 79.9. The molecule has 4 heteroatoms. The van der Waals surface area contributed by atoms with Crippen LogP contribution < -0.4 is 10.1 Å². The van der Waals surface area contributed by atoms with Gasteiger partial charge in [0, 0.05) is 10.2 Å². The van der Waals surface area contributed by atoms with Gasteiger partial charge < -0.3 is 15.2 Å². The summed E-state index contributed by atoms with van der Waals surface area (Å²) in [4.78, 5) is 0. The van der Waals surface area contributed by atoms with E-state index in [-0.39, 0.29) is 12.6 Å². The molecule has 106 valence electrons. The molecular formula is C16H18BrNO2. The van der Waals surface area contributed by atoms with Gasteiger partial charge in [-0.05, 0) is 42.8 Å². The Kier molecular flexibility index (Phi) is 5.04. The molecule has 1 atom stereocenters. The van der Waals surface area contributed by atoms with Crippen molar-refractivity contribution in [3.63, 3.8) is 0 Å². The molecule has 20 heavy (non-hydrogen) atoms. The fourth-order valence-electron chi connectivity index (χ4n) is 1.99. The zero-order chi connectivity index (χ0) is 14.5. The molecule has 0 heterocycles. The Bertz CT molecular complexity index is 569. The van der Waals surface area contributed by atoms with Crippen molar-refractivity contribution in [2.24, 2.45) is 0 Å². The fourth-order valence-corrected chi connectivity index (χ4v) is 2.51. The third-order valence-corrected chi connectivity index (χ3v) is 3.88. The van der Waals surface area contributed by atoms with E-state index in [9.17, 15) is 5.11 Å². The molecular weight excluding hydrogens is 318 g/mol. The van der Waals surface area contributed by atoms with Gasteiger partial charge >= 0.3 is 0 Å². The molecule has 0 spiro atoms. The average Bonchev–Trinajstić information content (AvgIpc) is 2.47. The summed E-state index contributed by atoms with van der Waals surface area (Å²) in [5.74, 6) is 0.771. The summed E-state index contributed by atoms with van der Waals surface area (Å²) in [5.41, 5.74) is 3.15. The van der Waals surface area contributed by atoms with Gasteiger partial charge in [-0.25, -0.2) is 0 Å². The Morgan fingerprint density at radius 2 is 1.90 bits per heavy atom. The largest absolute Gasteiger partial charge is 0.497 e. The minimum absolute atomic E-state index is 0.000353. The van der Waals surface area contributed by atoms with E-state index in [4.69, 9.17) is 4.74 Å². The predicted octanol–water partition coefficient (Wildman–Crippen LogP) is 3.91. The molecule has 0 aliphatic carbocycles. The Balaban J connectivity index is 2.25. The van der Waals surface area contributed by atoms with Gasteiger partial charge in [-0.3, -0.25) is 0 Å². The van der Waals surface area contributed by atoms with Crippen LogP contribution in [-0.4, -0.2) is 18.8 Å². The summed E-state index contributed by atoms with van der Waals surface area (Å²) in [5, 5.41) is 13.0. The minimum atomic E-state index is -0.192. The van der Waals surface area contributed by atoms with Crippen molar-refractivity contribution in [1.29, 1.82) is 0 Å². The molecule has 0 saturated carbocycles. The number of nitrogens with one attached hydrogen (secondary N) is 1. The second kappa shape index (κ2) is 6.77. The number of aliphatic hydroxyl groups excluding tert-OH is 1. The van der Waals surface area contributed by atoms with Crippen LogP contribution in [-0.2, 0) is 0 Å². The predicted molar refractivity (Wildman–Crippen MR) is 85.3 cm³/mol. The smallest absolute Gasteiger partial charge is 0.119 e. The van der Waals surface area contributed by atoms with Gasteiger partial charge in [0.2, 0.25) is 0 Å². The van der Waals surface area contributed by atoms with E-state index in [0.29, 0.717) is 0 Å². The molecule has 0 amide bonds. The van der Waals surface area contributed by atoms with E-state index < -0.39 is 0 Å². The molecule has 1 unspecified atom stereocenters. The Hall–Kier alpha value is -1.52. The van der Waals surface area contributed by atoms with Gasteiger partial charge in [0.1, 0.15) is 5.75 Å². The van der Waals surface area contributed by atoms with Crippen LogP contribution in [0, 0.1) is 6.92 Å². The van der Waals surface area contributed by atoms with E-state index >= 15 is 0 Å². The second-order valence-electron chi connectivity index (χ2n) is 4.63. The molecule has 0 bridgehead atoms. The molecule has 0 fully saturated rings. The van der Waals surface area contributed by atoms with Crippen LogP contribution in [0.15, 0.2) is 46.9 Å². The monoisotopic (exact) mass is 335 g/mol. The summed E-state index contributed by atoms with van der Waals surface area (Å²) in [6.45, 7) is 2.05. The number of ether oxygens (including phenoxy) is 1. The molecule has 0 saturated heterocycles. The first kappa shape index (κ1) is 14.9. The van der Waals surface area contributed by atoms with Gasteiger partial charge in [0.15, 0.2) is 0 Å². The first-order chi connectivity index (χ1) is 9.63. The fraction of sp³-hybridized carbons (Fsp3) is 0.250. The third-order valence-electron chi connectivity index (χ3n) is 3.15. The number of benzene rings is 2. The molecule has 3 nitrogen and oxygen atoms in total. The van der Waals surface area contributed by atoms with Crippen LogP contribution in [0.4, 0.5) is 5.69 Å². The molecule has 2 aromatic rings. The number of rotatable bonds is 5. The van der Waals surface area contributed by atoms with Gasteiger partial charge in [-0.15, -0.1) is 0 Å². The van der Waals surface area contributed by atoms with Gasteiger partial charge in [0.25, 0.3) is 0 Å². The number of anilines is 1. The number of halogens is 1. The van der Waals surface area contributed by atoms with Crippen molar-refractivity contribution in [1.82, 2.24) is 0 Å². The number of aliphatic hydroxyl groups is 1. The molecule has 0 aromatic heterocycles. The van der Waals surface area contributed by atoms with E-state index in [0.717, 1.165) is 21.5 Å². The van der Waals surface area contributed by atoms with Gasteiger partial charge in [0.05, 0.1) is 19.8 Å². The Morgan fingerprint density at radius 3 is 2.50 bits per heavy atom. The lowest BCUT2D eigenvalue weighted by Gasteiger charge is -2.20. The number of hydrogen-bond donors (Lipinski definition) is 2. The maximum Gasteiger partial charge on any atom is 0.119 e. The standard InChI is InChI=1S/C16H18BrNO2/c1-11-3-5-12(6-4-11)18-16(10-19)14-9-13(20-2)7-8-15(14)17/h3-9,16,18-19H,10H2,1-2H3. The molecule has 2 rings (SSSR count). The van der Waals surface area contributed by atoms with E-state index in [1.54, 1.807) is 7.11 Å². The summed E-state index contributed by atoms with van der Waals surface area (Å²) in [6, 6.07) is 13.6. The summed E-state index contributed by atoms with van der Waals surface area (Å²) in [7, 11) is 1.63. The van der Waals surface area contributed by atoms with Gasteiger partial charge in [-0.2, -0.15) is 0 Å². The van der Waals surface area contributed by atoms with E-state index in [2.05, 4.69) is 21.2 Å². The van der Waals surface area contributed by atoms with Crippen LogP contribution in [0.3, 0.4) is 0 Å². The van der Waals surface area contributed by atoms with Crippen molar-refractivity contribution in [2.75, 3.05) is 19.0 Å². The molecule has 2 aromatic carbocycles. The van der Waals surface area contributed by atoms with Crippen LogP contribution in [0.1, 0.15) is 17.2 Å². The van der Waals surface area contributed by atoms with Crippen LogP contribution in [0.2, 0.25) is 0 Å². The molecule has 0 aliphatic rings. The highest BCUT2D eigenvalue weighted by Crippen LogP contribution is 2.29. The van der Waals surface area contributed by atoms with Crippen molar-refractivity contribution in [2.45, 2.75) is 13.0 Å². The number of hydrogen-bond acceptors (Lipinski definition) is 3. The summed E-state index contributed by atoms with van der Waals surface area (Å²) >= 11 is 3.52. The number of methoxy groups -OCH3 is 1. The lowest BCUT2D eigenvalue weighted by atomic mass is 10.1. The molecule has 2 N–H and O–H groups in total. The zero-order valence-electron chi connectivity index (χ0n) is 11.6. The Morgan fingerprint density at radius 1 is 1.20 bits per heavy atom. The summed E-state index contributed by atoms with van der Waals surface area (Å²) < 4.78 is 6.18.